The first-order valence-electron chi connectivity index (χ1n) is 5.04. The lowest BCUT2D eigenvalue weighted by molar-refractivity contribution is -0.117. The Balaban J connectivity index is 2.09. The molecule has 0 aliphatic heterocycles. The predicted molar refractivity (Wildman–Crippen MR) is 58.3 cm³/mol. The summed E-state index contributed by atoms with van der Waals surface area (Å²) in [6.45, 7) is 0. The highest BCUT2D eigenvalue weighted by Gasteiger charge is 2.40. The van der Waals surface area contributed by atoms with Crippen LogP contribution in [0.5, 0.6) is 0 Å². The highest BCUT2D eigenvalue weighted by Crippen LogP contribution is 2.48. The summed E-state index contributed by atoms with van der Waals surface area (Å²) in [7, 11) is 0. The van der Waals surface area contributed by atoms with E-state index in [4.69, 9.17) is 0 Å². The number of Topliss-reactive ketones (excluding diaryl/α,β-unsaturated/α-hetero) is 1. The standard InChI is InChI=1S/C12H11BrO/c13-12-3-1-2-9-10-6-8(14)4-7(10)5-11(9)12/h1-3,7,10H,4-6H2. The van der Waals surface area contributed by atoms with Crippen LogP contribution in [-0.4, -0.2) is 5.78 Å². The SMILES string of the molecule is O=C1CC2Cc3c(Br)cccc3C2C1. The Hall–Kier alpha value is -0.630. The first kappa shape index (κ1) is 8.66. The van der Waals surface area contributed by atoms with Gasteiger partial charge in [0.25, 0.3) is 0 Å². The van der Waals surface area contributed by atoms with Crippen molar-refractivity contribution < 1.29 is 4.79 Å². The van der Waals surface area contributed by atoms with Crippen LogP contribution < -0.4 is 0 Å². The summed E-state index contributed by atoms with van der Waals surface area (Å²) < 4.78 is 1.22. The van der Waals surface area contributed by atoms with Crippen molar-refractivity contribution in [3.05, 3.63) is 33.8 Å². The molecule has 0 bridgehead atoms. The number of halogens is 1. The van der Waals surface area contributed by atoms with Gasteiger partial charge < -0.3 is 0 Å². The molecular weight excluding hydrogens is 240 g/mol. The van der Waals surface area contributed by atoms with Gasteiger partial charge >= 0.3 is 0 Å². The van der Waals surface area contributed by atoms with Crippen LogP contribution in [0.1, 0.15) is 29.9 Å². The van der Waals surface area contributed by atoms with Gasteiger partial charge in [0.05, 0.1) is 0 Å². The molecule has 14 heavy (non-hydrogen) atoms. The van der Waals surface area contributed by atoms with E-state index in [1.807, 2.05) is 0 Å². The Bertz CT molecular complexity index is 411. The van der Waals surface area contributed by atoms with Crippen LogP contribution >= 0.6 is 15.9 Å². The van der Waals surface area contributed by atoms with Crippen molar-refractivity contribution in [1.29, 1.82) is 0 Å². The maximum Gasteiger partial charge on any atom is 0.133 e. The Morgan fingerprint density at radius 1 is 1.21 bits per heavy atom. The molecule has 1 saturated carbocycles. The normalized spacial score (nSPS) is 29.1. The van der Waals surface area contributed by atoms with Crippen LogP contribution in [0, 0.1) is 5.92 Å². The molecule has 1 aromatic carbocycles. The summed E-state index contributed by atoms with van der Waals surface area (Å²) in [4.78, 5) is 11.3. The third-order valence-corrected chi connectivity index (χ3v) is 4.27. The van der Waals surface area contributed by atoms with E-state index < -0.39 is 0 Å². The maximum absolute atomic E-state index is 11.3. The first-order valence-corrected chi connectivity index (χ1v) is 5.84. The molecule has 0 spiro atoms. The molecule has 1 nitrogen and oxygen atoms in total. The van der Waals surface area contributed by atoms with Crippen LogP contribution in [0.15, 0.2) is 22.7 Å². The topological polar surface area (TPSA) is 17.1 Å². The number of fused-ring (bicyclic) bond motifs is 3. The number of benzene rings is 1. The summed E-state index contributed by atoms with van der Waals surface area (Å²) in [5.41, 5.74) is 2.85. The van der Waals surface area contributed by atoms with E-state index >= 15 is 0 Å². The second-order valence-electron chi connectivity index (χ2n) is 4.33. The molecule has 3 rings (SSSR count). The largest absolute Gasteiger partial charge is 0.300 e. The van der Waals surface area contributed by atoms with Gasteiger partial charge in [-0.05, 0) is 35.4 Å². The van der Waals surface area contributed by atoms with Gasteiger partial charge in [-0.1, -0.05) is 28.1 Å². The smallest absolute Gasteiger partial charge is 0.133 e. The third-order valence-electron chi connectivity index (χ3n) is 3.53. The molecule has 2 aliphatic rings. The summed E-state index contributed by atoms with van der Waals surface area (Å²) in [6.07, 6.45) is 2.66. The lowest BCUT2D eigenvalue weighted by Gasteiger charge is -2.07. The molecule has 1 fully saturated rings. The zero-order chi connectivity index (χ0) is 9.71. The maximum atomic E-state index is 11.3. The van der Waals surface area contributed by atoms with E-state index in [9.17, 15) is 4.79 Å². The Morgan fingerprint density at radius 3 is 2.93 bits per heavy atom. The molecule has 0 amide bonds. The Kier molecular flexibility index (Phi) is 1.81. The van der Waals surface area contributed by atoms with Gasteiger partial charge in [0.2, 0.25) is 0 Å². The lowest BCUT2D eigenvalue weighted by Crippen LogP contribution is -1.97. The van der Waals surface area contributed by atoms with Crippen molar-refractivity contribution in [3.8, 4) is 0 Å². The zero-order valence-electron chi connectivity index (χ0n) is 7.79. The Labute approximate surface area is 91.6 Å². The van der Waals surface area contributed by atoms with E-state index in [0.29, 0.717) is 17.6 Å². The molecule has 1 aromatic rings. The number of rotatable bonds is 0. The highest BCUT2D eigenvalue weighted by atomic mass is 79.9. The molecule has 0 N–H and O–H groups in total. The molecule has 0 aromatic heterocycles. The van der Waals surface area contributed by atoms with E-state index in [-0.39, 0.29) is 0 Å². The molecule has 2 heteroatoms. The lowest BCUT2D eigenvalue weighted by atomic mass is 9.97. The minimum Gasteiger partial charge on any atom is -0.300 e. The predicted octanol–water partition coefficient (Wildman–Crippen LogP) is 3.07. The van der Waals surface area contributed by atoms with Crippen molar-refractivity contribution in [3.63, 3.8) is 0 Å². The average Bonchev–Trinajstić information content (AvgIpc) is 2.63. The van der Waals surface area contributed by atoms with E-state index in [1.165, 1.54) is 15.6 Å². The molecule has 0 saturated heterocycles. The van der Waals surface area contributed by atoms with Crippen molar-refractivity contribution >= 4 is 21.7 Å². The molecule has 2 atom stereocenters. The first-order chi connectivity index (χ1) is 6.75. The summed E-state index contributed by atoms with van der Waals surface area (Å²) in [6, 6.07) is 6.36. The van der Waals surface area contributed by atoms with Gasteiger partial charge in [0, 0.05) is 17.3 Å². The number of hydrogen-bond donors (Lipinski definition) is 0. The van der Waals surface area contributed by atoms with E-state index in [1.54, 1.807) is 0 Å². The number of carbonyl (C=O) groups excluding carboxylic acids is 1. The molecule has 0 radical (unpaired) electrons. The number of carbonyl (C=O) groups is 1. The van der Waals surface area contributed by atoms with Crippen molar-refractivity contribution in [2.24, 2.45) is 5.92 Å². The number of hydrogen-bond acceptors (Lipinski definition) is 1. The van der Waals surface area contributed by atoms with Crippen molar-refractivity contribution in [2.45, 2.75) is 25.2 Å². The van der Waals surface area contributed by atoms with Crippen LogP contribution in [0.2, 0.25) is 0 Å². The van der Waals surface area contributed by atoms with Crippen molar-refractivity contribution in [2.75, 3.05) is 0 Å². The van der Waals surface area contributed by atoms with E-state index in [2.05, 4.69) is 34.1 Å². The quantitative estimate of drug-likeness (QED) is 0.692. The highest BCUT2D eigenvalue weighted by molar-refractivity contribution is 9.10. The monoisotopic (exact) mass is 250 g/mol. The molecular formula is C12H11BrO. The van der Waals surface area contributed by atoms with Crippen LogP contribution in [0.4, 0.5) is 0 Å². The van der Waals surface area contributed by atoms with Crippen molar-refractivity contribution in [1.82, 2.24) is 0 Å². The molecule has 2 unspecified atom stereocenters. The zero-order valence-corrected chi connectivity index (χ0v) is 9.38. The fourth-order valence-electron chi connectivity index (χ4n) is 2.91. The molecule has 72 valence electrons. The van der Waals surface area contributed by atoms with E-state index in [0.717, 1.165) is 19.3 Å². The summed E-state index contributed by atoms with van der Waals surface area (Å²) in [5, 5.41) is 0. The minimum atomic E-state index is 0.450. The van der Waals surface area contributed by atoms with Crippen LogP contribution in [-0.2, 0) is 11.2 Å². The van der Waals surface area contributed by atoms with Gasteiger partial charge in [0.15, 0.2) is 0 Å². The van der Waals surface area contributed by atoms with Gasteiger partial charge in [0.1, 0.15) is 5.78 Å². The average molecular weight is 251 g/mol. The minimum absolute atomic E-state index is 0.450. The van der Waals surface area contributed by atoms with Gasteiger partial charge in [-0.15, -0.1) is 0 Å². The van der Waals surface area contributed by atoms with Gasteiger partial charge in [-0.25, -0.2) is 0 Å². The van der Waals surface area contributed by atoms with Gasteiger partial charge in [-0.3, -0.25) is 4.79 Å². The second-order valence-corrected chi connectivity index (χ2v) is 5.18. The van der Waals surface area contributed by atoms with Gasteiger partial charge in [-0.2, -0.15) is 0 Å². The molecule has 2 aliphatic carbocycles. The van der Waals surface area contributed by atoms with Crippen LogP contribution in [0.3, 0.4) is 0 Å². The summed E-state index contributed by atoms with van der Waals surface area (Å²) in [5.74, 6) is 1.57. The Morgan fingerprint density at radius 2 is 2.07 bits per heavy atom. The van der Waals surface area contributed by atoms with Crippen LogP contribution in [0.25, 0.3) is 0 Å². The molecule has 0 heterocycles. The third kappa shape index (κ3) is 1.10. The number of ketones is 1. The fraction of sp³-hybridized carbons (Fsp3) is 0.417. The summed E-state index contributed by atoms with van der Waals surface area (Å²) >= 11 is 3.59. The fourth-order valence-corrected chi connectivity index (χ4v) is 3.45. The second kappa shape index (κ2) is 2.93.